The summed E-state index contributed by atoms with van der Waals surface area (Å²) < 4.78 is 2.35. The van der Waals surface area contributed by atoms with Gasteiger partial charge in [0.2, 0.25) is 0 Å². The number of aromatic nitrogens is 4. The SMILES string of the molecule is c1ccc(-c2nc(-c3ccccc3)nc(-c3ccc(-c4cccc5c4c4ccccc4n5-c4ccccc4)cc3)n2)cc1. The zero-order valence-corrected chi connectivity index (χ0v) is 23.3. The van der Waals surface area contributed by atoms with E-state index in [-0.39, 0.29) is 0 Å². The molecule has 0 saturated carbocycles. The lowest BCUT2D eigenvalue weighted by Gasteiger charge is -2.10. The van der Waals surface area contributed by atoms with Crippen molar-refractivity contribution in [1.82, 2.24) is 19.5 Å². The van der Waals surface area contributed by atoms with Crippen molar-refractivity contribution in [3.8, 4) is 51.0 Å². The molecule has 0 N–H and O–H groups in total. The van der Waals surface area contributed by atoms with Crippen LogP contribution in [0.4, 0.5) is 0 Å². The number of hydrogen-bond acceptors (Lipinski definition) is 3. The third-order valence-corrected chi connectivity index (χ3v) is 7.87. The Morgan fingerprint density at radius 2 is 0.814 bits per heavy atom. The molecule has 6 aromatic carbocycles. The highest BCUT2D eigenvalue weighted by Crippen LogP contribution is 2.38. The summed E-state index contributed by atoms with van der Waals surface area (Å²) in [7, 11) is 0. The predicted molar refractivity (Wildman–Crippen MR) is 176 cm³/mol. The maximum atomic E-state index is 4.90. The molecular formula is C39H26N4. The van der Waals surface area contributed by atoms with Crippen LogP contribution in [0.25, 0.3) is 72.8 Å². The van der Waals surface area contributed by atoms with E-state index in [0.717, 1.165) is 27.9 Å². The van der Waals surface area contributed by atoms with Crippen molar-refractivity contribution in [2.45, 2.75) is 0 Å². The summed E-state index contributed by atoms with van der Waals surface area (Å²) in [5.41, 5.74) is 8.74. The quantitative estimate of drug-likeness (QED) is 0.214. The van der Waals surface area contributed by atoms with Gasteiger partial charge in [-0.2, -0.15) is 0 Å². The smallest absolute Gasteiger partial charge is 0.164 e. The number of benzene rings is 6. The Balaban J connectivity index is 1.26. The first-order valence-corrected chi connectivity index (χ1v) is 14.4. The summed E-state index contributed by atoms with van der Waals surface area (Å²) in [5.74, 6) is 1.97. The lowest BCUT2D eigenvalue weighted by Crippen LogP contribution is -2.00. The Hall–Kier alpha value is -5.87. The van der Waals surface area contributed by atoms with Gasteiger partial charge in [-0.25, -0.2) is 15.0 Å². The zero-order valence-electron chi connectivity index (χ0n) is 23.3. The highest BCUT2D eigenvalue weighted by molar-refractivity contribution is 6.15. The van der Waals surface area contributed by atoms with Crippen LogP contribution in [0.1, 0.15) is 0 Å². The molecule has 2 heterocycles. The van der Waals surface area contributed by atoms with Gasteiger partial charge in [0.05, 0.1) is 11.0 Å². The number of nitrogens with zero attached hydrogens (tertiary/aromatic N) is 4. The van der Waals surface area contributed by atoms with Gasteiger partial charge in [0, 0.05) is 33.2 Å². The van der Waals surface area contributed by atoms with Gasteiger partial charge in [-0.15, -0.1) is 0 Å². The Bertz CT molecular complexity index is 2150. The monoisotopic (exact) mass is 550 g/mol. The third kappa shape index (κ3) is 4.46. The molecule has 4 nitrogen and oxygen atoms in total. The Labute approximate surface area is 249 Å². The molecule has 0 saturated heterocycles. The fraction of sp³-hybridized carbons (Fsp3) is 0. The molecular weight excluding hydrogens is 524 g/mol. The number of hydrogen-bond donors (Lipinski definition) is 0. The summed E-state index contributed by atoms with van der Waals surface area (Å²) in [6.07, 6.45) is 0. The minimum atomic E-state index is 0.651. The average molecular weight is 551 g/mol. The lowest BCUT2D eigenvalue weighted by atomic mass is 9.98. The summed E-state index contributed by atoms with van der Waals surface area (Å²) in [4.78, 5) is 14.6. The molecule has 0 fully saturated rings. The van der Waals surface area contributed by atoms with Crippen molar-refractivity contribution < 1.29 is 0 Å². The largest absolute Gasteiger partial charge is 0.309 e. The fourth-order valence-electron chi connectivity index (χ4n) is 5.85. The van der Waals surface area contributed by atoms with E-state index in [9.17, 15) is 0 Å². The third-order valence-electron chi connectivity index (χ3n) is 7.87. The van der Waals surface area contributed by atoms with Crippen LogP contribution >= 0.6 is 0 Å². The molecule has 8 rings (SSSR count). The zero-order chi connectivity index (χ0) is 28.6. The Kier molecular flexibility index (Phi) is 6.08. The highest BCUT2D eigenvalue weighted by Gasteiger charge is 2.17. The van der Waals surface area contributed by atoms with Crippen molar-refractivity contribution in [2.75, 3.05) is 0 Å². The molecule has 0 unspecified atom stereocenters. The topological polar surface area (TPSA) is 43.6 Å². The van der Waals surface area contributed by atoms with E-state index >= 15 is 0 Å². The van der Waals surface area contributed by atoms with E-state index in [1.165, 1.54) is 27.4 Å². The summed E-state index contributed by atoms with van der Waals surface area (Å²) >= 11 is 0. The molecule has 0 aliphatic carbocycles. The maximum absolute atomic E-state index is 4.90. The fourth-order valence-corrected chi connectivity index (χ4v) is 5.85. The Morgan fingerprint density at radius 3 is 1.42 bits per heavy atom. The molecule has 0 atom stereocenters. The van der Waals surface area contributed by atoms with Gasteiger partial charge in [-0.3, -0.25) is 0 Å². The van der Waals surface area contributed by atoms with E-state index in [2.05, 4.69) is 102 Å². The average Bonchev–Trinajstić information content (AvgIpc) is 3.44. The van der Waals surface area contributed by atoms with E-state index < -0.39 is 0 Å². The molecule has 2 aromatic heterocycles. The van der Waals surface area contributed by atoms with E-state index in [0.29, 0.717) is 17.5 Å². The van der Waals surface area contributed by atoms with Gasteiger partial charge in [-0.05, 0) is 35.4 Å². The van der Waals surface area contributed by atoms with Gasteiger partial charge in [0.25, 0.3) is 0 Å². The van der Waals surface area contributed by atoms with Crippen LogP contribution in [0.2, 0.25) is 0 Å². The van der Waals surface area contributed by atoms with Crippen molar-refractivity contribution in [3.63, 3.8) is 0 Å². The Morgan fingerprint density at radius 1 is 0.349 bits per heavy atom. The van der Waals surface area contributed by atoms with Crippen molar-refractivity contribution in [1.29, 1.82) is 0 Å². The molecule has 202 valence electrons. The molecule has 4 heteroatoms. The van der Waals surface area contributed by atoms with Crippen molar-refractivity contribution >= 4 is 21.8 Å². The first-order chi connectivity index (χ1) is 21.3. The highest BCUT2D eigenvalue weighted by atomic mass is 15.0. The van der Waals surface area contributed by atoms with Crippen LogP contribution in [0.3, 0.4) is 0 Å². The van der Waals surface area contributed by atoms with E-state index in [4.69, 9.17) is 15.0 Å². The molecule has 8 aromatic rings. The molecule has 0 aliphatic rings. The summed E-state index contributed by atoms with van der Waals surface area (Å²) in [6, 6.07) is 54.5. The number of para-hydroxylation sites is 2. The normalized spacial score (nSPS) is 11.3. The van der Waals surface area contributed by atoms with Gasteiger partial charge in [-0.1, -0.05) is 133 Å². The van der Waals surface area contributed by atoms with Crippen molar-refractivity contribution in [3.05, 3.63) is 158 Å². The molecule has 0 amide bonds. The second kappa shape index (κ2) is 10.5. The first-order valence-electron chi connectivity index (χ1n) is 14.4. The van der Waals surface area contributed by atoms with Crippen LogP contribution in [0, 0.1) is 0 Å². The van der Waals surface area contributed by atoms with Crippen LogP contribution in [-0.4, -0.2) is 19.5 Å². The molecule has 0 radical (unpaired) electrons. The summed E-state index contributed by atoms with van der Waals surface area (Å²) in [6.45, 7) is 0. The van der Waals surface area contributed by atoms with Crippen molar-refractivity contribution in [2.24, 2.45) is 0 Å². The van der Waals surface area contributed by atoms with E-state index in [1.54, 1.807) is 0 Å². The molecule has 0 aliphatic heterocycles. The van der Waals surface area contributed by atoms with E-state index in [1.807, 2.05) is 60.7 Å². The van der Waals surface area contributed by atoms with Gasteiger partial charge in [0.1, 0.15) is 0 Å². The standard InChI is InChI=1S/C39H26N4/c1-4-13-28(14-5-1)37-40-38(29-15-6-2-7-16-29)42-39(41-37)30-25-23-27(24-26-30)32-20-12-22-35-36(32)33-19-10-11-21-34(33)43(35)31-17-8-3-9-18-31/h1-26H. The number of rotatable bonds is 5. The predicted octanol–water partition coefficient (Wildman–Crippen LogP) is 9.64. The second-order valence-electron chi connectivity index (χ2n) is 10.5. The maximum Gasteiger partial charge on any atom is 0.164 e. The lowest BCUT2D eigenvalue weighted by molar-refractivity contribution is 1.07. The minimum Gasteiger partial charge on any atom is -0.309 e. The van der Waals surface area contributed by atoms with Crippen LogP contribution in [-0.2, 0) is 0 Å². The summed E-state index contributed by atoms with van der Waals surface area (Å²) in [5, 5.41) is 2.48. The first kappa shape index (κ1) is 24.9. The van der Waals surface area contributed by atoms with Crippen LogP contribution < -0.4 is 0 Å². The van der Waals surface area contributed by atoms with Gasteiger partial charge < -0.3 is 4.57 Å². The van der Waals surface area contributed by atoms with Gasteiger partial charge >= 0.3 is 0 Å². The molecule has 0 spiro atoms. The van der Waals surface area contributed by atoms with Crippen LogP contribution in [0.15, 0.2) is 158 Å². The van der Waals surface area contributed by atoms with Gasteiger partial charge in [0.15, 0.2) is 17.5 Å². The minimum absolute atomic E-state index is 0.651. The van der Waals surface area contributed by atoms with Crippen LogP contribution in [0.5, 0.6) is 0 Å². The molecule has 43 heavy (non-hydrogen) atoms. The molecule has 0 bridgehead atoms. The number of fused-ring (bicyclic) bond motifs is 3. The second-order valence-corrected chi connectivity index (χ2v) is 10.5.